The van der Waals surface area contributed by atoms with Crippen LogP contribution in [0, 0.1) is 0 Å². The summed E-state index contributed by atoms with van der Waals surface area (Å²) < 4.78 is 109. The molecule has 2 aliphatic carbocycles. The van der Waals surface area contributed by atoms with Gasteiger partial charge >= 0.3 is 12.4 Å². The van der Waals surface area contributed by atoms with Crippen LogP contribution in [0.1, 0.15) is 54.1 Å². The first-order valence-electron chi connectivity index (χ1n) is 11.3. The molecule has 2 aromatic heterocycles. The number of rotatable bonds is 6. The van der Waals surface area contributed by atoms with Crippen molar-refractivity contribution in [3.8, 4) is 11.3 Å². The van der Waals surface area contributed by atoms with Gasteiger partial charge in [0.2, 0.25) is 10.0 Å². The summed E-state index contributed by atoms with van der Waals surface area (Å²) in [6.45, 7) is 0. The highest BCUT2D eigenvalue weighted by atomic mass is 32.2. The molecule has 0 aliphatic heterocycles. The van der Waals surface area contributed by atoms with Crippen molar-refractivity contribution >= 4 is 27.0 Å². The van der Waals surface area contributed by atoms with Crippen LogP contribution in [-0.4, -0.2) is 35.6 Å². The van der Waals surface area contributed by atoms with E-state index in [9.17, 15) is 39.6 Å². The Morgan fingerprint density at radius 1 is 1.08 bits per heavy atom. The van der Waals surface area contributed by atoms with E-state index in [0.29, 0.717) is 19.0 Å². The number of benzene rings is 1. The zero-order valence-corrected chi connectivity index (χ0v) is 19.8. The van der Waals surface area contributed by atoms with Gasteiger partial charge in [-0.25, -0.2) is 13.4 Å². The number of hydrogen-bond acceptors (Lipinski definition) is 4. The lowest BCUT2D eigenvalue weighted by atomic mass is 9.92. The van der Waals surface area contributed by atoms with Gasteiger partial charge in [-0.05, 0) is 55.9 Å². The Balaban J connectivity index is 1.62. The fraction of sp³-hybridized carbons (Fsp3) is 0.391. The molecule has 3 aromatic rings. The van der Waals surface area contributed by atoms with E-state index in [2.05, 4.69) is 4.98 Å². The minimum Gasteiger partial charge on any atom is -0.366 e. The molecule has 14 heteroatoms. The number of aromatic nitrogens is 2. The molecular formula is C23H20F6N4O3S. The van der Waals surface area contributed by atoms with Gasteiger partial charge in [-0.15, -0.1) is 0 Å². The van der Waals surface area contributed by atoms with Crippen molar-refractivity contribution in [2.75, 3.05) is 0 Å². The van der Waals surface area contributed by atoms with Gasteiger partial charge in [0.25, 0.3) is 5.91 Å². The molecule has 1 aromatic carbocycles. The van der Waals surface area contributed by atoms with E-state index in [1.807, 2.05) is 0 Å². The summed E-state index contributed by atoms with van der Waals surface area (Å²) in [4.78, 5) is 16.0. The molecule has 198 valence electrons. The van der Waals surface area contributed by atoms with Crippen LogP contribution in [-0.2, 0) is 16.2 Å². The summed E-state index contributed by atoms with van der Waals surface area (Å²) >= 11 is 0. The Morgan fingerprint density at radius 3 is 2.16 bits per heavy atom. The number of nitrogens with zero attached hydrogens (tertiary/aromatic N) is 2. The number of alkyl halides is 6. The summed E-state index contributed by atoms with van der Waals surface area (Å²) in [6.07, 6.45) is -7.34. The SMILES string of the molecule is NC(=O)c1c(-c2ccc(S(=O)(=O)NC3(C(F)(F)F)CC3)cc2)n(C2CCC2)c2ncc(C(F)(F)F)cc12. The van der Waals surface area contributed by atoms with Crippen LogP contribution in [0.4, 0.5) is 26.3 Å². The molecule has 0 unspecified atom stereocenters. The van der Waals surface area contributed by atoms with Gasteiger partial charge in [0, 0.05) is 17.6 Å². The molecule has 5 rings (SSSR count). The monoisotopic (exact) mass is 546 g/mol. The predicted octanol–water partition coefficient (Wildman–Crippen LogP) is 4.92. The minimum absolute atomic E-state index is 0.0940. The number of nitrogens with one attached hydrogen (secondary N) is 1. The maximum Gasteiger partial charge on any atom is 0.417 e. The summed E-state index contributed by atoms with van der Waals surface area (Å²) in [7, 11) is -4.54. The summed E-state index contributed by atoms with van der Waals surface area (Å²) in [5, 5.41) is -0.0940. The lowest BCUT2D eigenvalue weighted by molar-refractivity contribution is -0.160. The summed E-state index contributed by atoms with van der Waals surface area (Å²) in [5.74, 6) is -1.00. The molecule has 0 bridgehead atoms. The van der Waals surface area contributed by atoms with Gasteiger partial charge in [-0.3, -0.25) is 4.79 Å². The van der Waals surface area contributed by atoms with Gasteiger partial charge in [-0.1, -0.05) is 12.1 Å². The Labute approximate surface area is 206 Å². The highest BCUT2D eigenvalue weighted by molar-refractivity contribution is 7.89. The van der Waals surface area contributed by atoms with E-state index >= 15 is 0 Å². The van der Waals surface area contributed by atoms with Crippen LogP contribution in [0.25, 0.3) is 22.3 Å². The summed E-state index contributed by atoms with van der Waals surface area (Å²) in [6, 6.07) is 5.33. The molecule has 2 aliphatic rings. The Bertz CT molecular complexity index is 1500. The number of halogens is 6. The lowest BCUT2D eigenvalue weighted by Crippen LogP contribution is -2.47. The molecule has 0 radical (unpaired) electrons. The minimum atomic E-state index is -4.75. The molecular weight excluding hydrogens is 526 g/mol. The summed E-state index contributed by atoms with van der Waals surface area (Å²) in [5.41, 5.74) is 2.38. The molecule has 37 heavy (non-hydrogen) atoms. The smallest absolute Gasteiger partial charge is 0.366 e. The average Bonchev–Trinajstić information content (AvgIpc) is 3.46. The first-order chi connectivity index (χ1) is 17.1. The van der Waals surface area contributed by atoms with Crippen molar-refractivity contribution < 1.29 is 39.6 Å². The highest BCUT2D eigenvalue weighted by Crippen LogP contribution is 2.50. The van der Waals surface area contributed by atoms with E-state index in [1.54, 1.807) is 9.29 Å². The zero-order valence-electron chi connectivity index (χ0n) is 18.9. The van der Waals surface area contributed by atoms with Crippen molar-refractivity contribution in [1.82, 2.24) is 14.3 Å². The van der Waals surface area contributed by atoms with E-state index in [-0.39, 0.29) is 46.7 Å². The number of carbonyl (C=O) groups is 1. The van der Waals surface area contributed by atoms with Crippen LogP contribution in [0.2, 0.25) is 0 Å². The predicted molar refractivity (Wildman–Crippen MR) is 120 cm³/mol. The normalized spacial score (nSPS) is 18.1. The molecule has 0 atom stereocenters. The second kappa shape index (κ2) is 8.18. The van der Waals surface area contributed by atoms with Gasteiger partial charge < -0.3 is 10.3 Å². The van der Waals surface area contributed by atoms with E-state index in [1.165, 1.54) is 12.1 Å². The van der Waals surface area contributed by atoms with E-state index in [0.717, 1.165) is 24.6 Å². The second-order valence-electron chi connectivity index (χ2n) is 9.35. The average molecular weight is 546 g/mol. The number of primary amides is 1. The number of amides is 1. The van der Waals surface area contributed by atoms with Gasteiger partial charge in [-0.2, -0.15) is 31.1 Å². The first-order valence-corrected chi connectivity index (χ1v) is 12.7. The van der Waals surface area contributed by atoms with Crippen LogP contribution in [0.5, 0.6) is 0 Å². The number of pyridine rings is 1. The fourth-order valence-electron chi connectivity index (χ4n) is 4.55. The van der Waals surface area contributed by atoms with Crippen LogP contribution in [0.3, 0.4) is 0 Å². The van der Waals surface area contributed by atoms with E-state index in [4.69, 9.17) is 5.73 Å². The van der Waals surface area contributed by atoms with Crippen molar-refractivity contribution in [2.45, 2.75) is 60.9 Å². The number of sulfonamides is 1. The largest absolute Gasteiger partial charge is 0.417 e. The van der Waals surface area contributed by atoms with Crippen molar-refractivity contribution in [3.63, 3.8) is 0 Å². The Morgan fingerprint density at radius 2 is 1.70 bits per heavy atom. The standard InChI is InChI=1S/C23H20F6N4O3S/c24-22(25,26)13-10-16-17(19(30)34)18(33(14-2-1-3-14)20(16)31-11-13)12-4-6-15(7-5-12)37(35,36)32-21(8-9-21)23(27,28)29/h4-7,10-11,14,32H,1-3,8-9H2,(H2,30,34). The topological polar surface area (TPSA) is 107 Å². The zero-order chi connectivity index (χ0) is 27.0. The Hall–Kier alpha value is -3.13. The third kappa shape index (κ3) is 4.25. The molecule has 2 heterocycles. The first kappa shape index (κ1) is 25.5. The lowest BCUT2D eigenvalue weighted by Gasteiger charge is -2.30. The van der Waals surface area contributed by atoms with Gasteiger partial charge in [0.15, 0.2) is 0 Å². The van der Waals surface area contributed by atoms with Gasteiger partial charge in [0.1, 0.15) is 11.2 Å². The molecule has 1 amide bonds. The fourth-order valence-corrected chi connectivity index (χ4v) is 6.00. The van der Waals surface area contributed by atoms with Crippen LogP contribution >= 0.6 is 0 Å². The maximum atomic E-state index is 13.4. The number of fused-ring (bicyclic) bond motifs is 1. The Kier molecular flexibility index (Phi) is 5.64. The second-order valence-corrected chi connectivity index (χ2v) is 11.0. The van der Waals surface area contributed by atoms with Crippen molar-refractivity contribution in [2.24, 2.45) is 5.73 Å². The molecule has 2 saturated carbocycles. The van der Waals surface area contributed by atoms with E-state index < -0.39 is 44.3 Å². The number of nitrogens with two attached hydrogens (primary N) is 1. The quantitative estimate of drug-likeness (QED) is 0.428. The van der Waals surface area contributed by atoms with Gasteiger partial charge in [0.05, 0.1) is 21.7 Å². The number of hydrogen-bond donors (Lipinski definition) is 2. The molecule has 0 spiro atoms. The number of carbonyl (C=O) groups excluding carboxylic acids is 1. The molecule has 7 nitrogen and oxygen atoms in total. The van der Waals surface area contributed by atoms with Crippen molar-refractivity contribution in [3.05, 3.63) is 47.7 Å². The van der Waals surface area contributed by atoms with Crippen LogP contribution < -0.4 is 10.5 Å². The molecule has 3 N–H and O–H groups in total. The third-order valence-electron chi connectivity index (χ3n) is 6.92. The molecule has 0 saturated heterocycles. The molecule has 2 fully saturated rings. The van der Waals surface area contributed by atoms with Crippen molar-refractivity contribution in [1.29, 1.82) is 0 Å². The maximum absolute atomic E-state index is 13.4. The van der Waals surface area contributed by atoms with Crippen LogP contribution in [0.15, 0.2) is 41.4 Å². The highest BCUT2D eigenvalue weighted by Gasteiger charge is 2.65. The third-order valence-corrected chi connectivity index (χ3v) is 8.47.